The van der Waals surface area contributed by atoms with E-state index in [1.807, 2.05) is 5.38 Å². The highest BCUT2D eigenvalue weighted by Gasteiger charge is 2.28. The van der Waals surface area contributed by atoms with Gasteiger partial charge in [0.25, 0.3) is 0 Å². The highest BCUT2D eigenvalue weighted by Crippen LogP contribution is 2.13. The maximum absolute atomic E-state index is 11.2. The van der Waals surface area contributed by atoms with Gasteiger partial charge in [-0.15, -0.1) is 11.3 Å². The summed E-state index contributed by atoms with van der Waals surface area (Å²) in [5.74, 6) is 0.400. The van der Waals surface area contributed by atoms with Crippen LogP contribution in [0, 0.1) is 0 Å². The van der Waals surface area contributed by atoms with Gasteiger partial charge in [-0.3, -0.25) is 0 Å². The lowest BCUT2D eigenvalue weighted by molar-refractivity contribution is 0.600. The fourth-order valence-corrected chi connectivity index (χ4v) is 4.05. The Bertz CT molecular complexity index is 469. The Kier molecular flexibility index (Phi) is 3.41. The first-order chi connectivity index (χ1) is 7.55. The molecule has 0 radical (unpaired) electrons. The van der Waals surface area contributed by atoms with Crippen molar-refractivity contribution in [3.63, 3.8) is 0 Å². The lowest BCUT2D eigenvalue weighted by Gasteiger charge is -2.13. The van der Waals surface area contributed by atoms with Crippen LogP contribution in [0.5, 0.6) is 0 Å². The van der Waals surface area contributed by atoms with E-state index in [2.05, 4.69) is 15.6 Å². The lowest BCUT2D eigenvalue weighted by atomic mass is 10.3. The van der Waals surface area contributed by atoms with Crippen molar-refractivity contribution in [1.82, 2.24) is 10.3 Å². The molecule has 1 saturated heterocycles. The summed E-state index contributed by atoms with van der Waals surface area (Å²) < 4.78 is 22.5. The number of sulfone groups is 1. The fourth-order valence-electron chi connectivity index (χ4n) is 1.51. The summed E-state index contributed by atoms with van der Waals surface area (Å²) in [5, 5.41) is 8.86. The number of thiazole rings is 1. The van der Waals surface area contributed by atoms with E-state index in [-0.39, 0.29) is 17.5 Å². The molecule has 0 amide bonds. The average molecular weight is 277 g/mol. The van der Waals surface area contributed by atoms with Crippen molar-refractivity contribution >= 4 is 43.6 Å². The molecule has 0 aliphatic carbocycles. The van der Waals surface area contributed by atoms with Crippen molar-refractivity contribution < 1.29 is 8.42 Å². The molecular weight excluding hydrogens is 266 g/mol. The number of hydrogen-bond acceptors (Lipinski definition) is 5. The zero-order valence-corrected chi connectivity index (χ0v) is 10.8. The molecule has 16 heavy (non-hydrogen) atoms. The first-order valence-electron chi connectivity index (χ1n) is 4.72. The van der Waals surface area contributed by atoms with E-state index in [1.165, 1.54) is 11.3 Å². The molecule has 0 saturated carbocycles. The molecule has 2 N–H and O–H groups in total. The third-order valence-corrected chi connectivity index (χ3v) is 4.90. The van der Waals surface area contributed by atoms with Crippen molar-refractivity contribution in [3.05, 3.63) is 11.6 Å². The topological polar surface area (TPSA) is 71.1 Å². The normalized spacial score (nSPS) is 22.9. The van der Waals surface area contributed by atoms with Crippen LogP contribution in [0.1, 0.15) is 6.42 Å². The van der Waals surface area contributed by atoms with Crippen LogP contribution in [0.15, 0.2) is 11.6 Å². The molecule has 1 aliphatic rings. The van der Waals surface area contributed by atoms with Crippen molar-refractivity contribution in [2.24, 2.45) is 0 Å². The first-order valence-corrected chi connectivity index (χ1v) is 7.83. The van der Waals surface area contributed by atoms with E-state index in [0.717, 1.165) is 0 Å². The van der Waals surface area contributed by atoms with Gasteiger partial charge in [-0.2, -0.15) is 0 Å². The maximum Gasteiger partial charge on any atom is 0.188 e. The molecule has 8 heteroatoms. The quantitative estimate of drug-likeness (QED) is 0.772. The van der Waals surface area contributed by atoms with Gasteiger partial charge < -0.3 is 10.6 Å². The molecule has 1 aromatic heterocycles. The van der Waals surface area contributed by atoms with Gasteiger partial charge in [-0.25, -0.2) is 13.4 Å². The van der Waals surface area contributed by atoms with Gasteiger partial charge in [-0.05, 0) is 18.6 Å². The van der Waals surface area contributed by atoms with Crippen LogP contribution in [0.25, 0.3) is 0 Å². The summed E-state index contributed by atoms with van der Waals surface area (Å²) in [6.07, 6.45) is 2.29. The van der Waals surface area contributed by atoms with Crippen molar-refractivity contribution in [2.75, 3.05) is 16.8 Å². The molecule has 88 valence electrons. The second-order valence-electron chi connectivity index (χ2n) is 3.54. The Balaban J connectivity index is 1.85. The number of aromatic nitrogens is 1. The van der Waals surface area contributed by atoms with Crippen LogP contribution in [-0.2, 0) is 9.84 Å². The minimum Gasteiger partial charge on any atom is -0.359 e. The number of anilines is 1. The van der Waals surface area contributed by atoms with Gasteiger partial charge in [0.05, 0.1) is 11.5 Å². The van der Waals surface area contributed by atoms with Crippen molar-refractivity contribution in [3.8, 4) is 0 Å². The van der Waals surface area contributed by atoms with E-state index >= 15 is 0 Å². The van der Waals surface area contributed by atoms with E-state index < -0.39 is 9.84 Å². The highest BCUT2D eigenvalue weighted by molar-refractivity contribution is 7.91. The molecule has 0 spiro atoms. The SMILES string of the molecule is O=S1(=O)CCC(NC(=S)Nc2nccs2)C1. The van der Waals surface area contributed by atoms with Crippen LogP contribution in [0.3, 0.4) is 0 Å². The van der Waals surface area contributed by atoms with Crippen LogP contribution < -0.4 is 10.6 Å². The number of nitrogens with zero attached hydrogens (tertiary/aromatic N) is 1. The van der Waals surface area contributed by atoms with E-state index in [9.17, 15) is 8.42 Å². The smallest absolute Gasteiger partial charge is 0.188 e. The third-order valence-electron chi connectivity index (χ3n) is 2.22. The Labute approximate surface area is 103 Å². The average Bonchev–Trinajstić information content (AvgIpc) is 2.76. The van der Waals surface area contributed by atoms with E-state index in [0.29, 0.717) is 16.7 Å². The van der Waals surface area contributed by atoms with Crippen LogP contribution in [0.4, 0.5) is 5.13 Å². The number of thiocarbonyl (C=S) groups is 1. The Hall–Kier alpha value is -0.730. The zero-order chi connectivity index (χ0) is 11.6. The molecule has 1 aromatic rings. The van der Waals surface area contributed by atoms with Gasteiger partial charge in [0.15, 0.2) is 20.1 Å². The molecule has 5 nitrogen and oxygen atoms in total. The summed E-state index contributed by atoms with van der Waals surface area (Å²) in [4.78, 5) is 4.02. The largest absolute Gasteiger partial charge is 0.359 e. The van der Waals surface area contributed by atoms with Crippen molar-refractivity contribution in [1.29, 1.82) is 0 Å². The summed E-state index contributed by atoms with van der Waals surface area (Å²) >= 11 is 6.50. The molecule has 1 atom stereocenters. The van der Waals surface area contributed by atoms with Gasteiger partial charge >= 0.3 is 0 Å². The predicted octanol–water partition coefficient (Wildman–Crippen LogP) is 0.617. The van der Waals surface area contributed by atoms with E-state index in [1.54, 1.807) is 6.20 Å². The van der Waals surface area contributed by atoms with Gasteiger partial charge in [0.1, 0.15) is 0 Å². The molecule has 2 heterocycles. The molecule has 1 unspecified atom stereocenters. The summed E-state index contributed by atoms with van der Waals surface area (Å²) in [5.41, 5.74) is 0. The van der Waals surface area contributed by atoms with Gasteiger partial charge in [0, 0.05) is 17.6 Å². The van der Waals surface area contributed by atoms with Crippen LogP contribution >= 0.6 is 23.6 Å². The van der Waals surface area contributed by atoms with Crippen LogP contribution in [-0.4, -0.2) is 36.1 Å². The lowest BCUT2D eigenvalue weighted by Crippen LogP contribution is -2.38. The summed E-state index contributed by atoms with van der Waals surface area (Å²) in [6.45, 7) is 0. The standard InChI is InChI=1S/C8H11N3O2S3/c12-16(13)4-1-6(5-16)10-7(14)11-8-9-2-3-15-8/h2-3,6H,1,4-5H2,(H2,9,10,11,14). The Morgan fingerprint density at radius 1 is 1.62 bits per heavy atom. The Morgan fingerprint density at radius 3 is 3.00 bits per heavy atom. The minimum atomic E-state index is -2.87. The molecule has 2 rings (SSSR count). The van der Waals surface area contributed by atoms with Gasteiger partial charge in [0.2, 0.25) is 0 Å². The first kappa shape index (κ1) is 11.7. The number of rotatable bonds is 2. The number of nitrogens with one attached hydrogen (secondary N) is 2. The second-order valence-corrected chi connectivity index (χ2v) is 7.07. The summed E-state index contributed by atoms with van der Waals surface area (Å²) in [7, 11) is -2.87. The molecule has 0 bridgehead atoms. The molecule has 1 aliphatic heterocycles. The van der Waals surface area contributed by atoms with Crippen molar-refractivity contribution in [2.45, 2.75) is 12.5 Å². The zero-order valence-electron chi connectivity index (χ0n) is 8.34. The fraction of sp³-hybridized carbons (Fsp3) is 0.500. The molecule has 1 fully saturated rings. The highest BCUT2D eigenvalue weighted by atomic mass is 32.2. The van der Waals surface area contributed by atoms with E-state index in [4.69, 9.17) is 12.2 Å². The van der Waals surface area contributed by atoms with Crippen LogP contribution in [0.2, 0.25) is 0 Å². The third kappa shape index (κ3) is 3.13. The second kappa shape index (κ2) is 4.64. The monoisotopic (exact) mass is 277 g/mol. The minimum absolute atomic E-state index is 0.0787. The predicted molar refractivity (Wildman–Crippen MR) is 68.5 cm³/mol. The molecular formula is C8H11N3O2S3. The maximum atomic E-state index is 11.2. The Morgan fingerprint density at radius 2 is 2.44 bits per heavy atom. The molecule has 0 aromatic carbocycles. The van der Waals surface area contributed by atoms with Gasteiger partial charge in [-0.1, -0.05) is 0 Å². The number of hydrogen-bond donors (Lipinski definition) is 2. The summed E-state index contributed by atoms with van der Waals surface area (Å²) in [6, 6.07) is -0.0787.